The summed E-state index contributed by atoms with van der Waals surface area (Å²) in [6.45, 7) is 3.50. The molecule has 0 saturated carbocycles. The number of benzene rings is 1. The van der Waals surface area contributed by atoms with Crippen molar-refractivity contribution in [2.24, 2.45) is 0 Å². The average Bonchev–Trinajstić information content (AvgIpc) is 2.79. The highest BCUT2D eigenvalue weighted by molar-refractivity contribution is 14.1. The number of halogens is 1. The number of likely N-dealkylation sites (N-methyl/N-ethyl adjacent to an activating group) is 1. The molecule has 0 heterocycles. The minimum Gasteiger partial charge on any atom is -0.484 e. The van der Waals surface area contributed by atoms with Gasteiger partial charge in [0, 0.05) is 24.3 Å². The number of allylic oxidation sites excluding steroid dienone is 4. The average molecular weight is 511 g/mol. The van der Waals surface area contributed by atoms with E-state index >= 15 is 0 Å². The maximum Gasteiger partial charge on any atom is 0.330 e. The zero-order valence-electron chi connectivity index (χ0n) is 16.7. The minimum absolute atomic E-state index is 0.0256. The maximum atomic E-state index is 12.4. The van der Waals surface area contributed by atoms with Gasteiger partial charge < -0.3 is 14.4 Å². The summed E-state index contributed by atoms with van der Waals surface area (Å²) in [6.07, 6.45) is 8.68. The number of amides is 1. The Morgan fingerprint density at radius 3 is 2.45 bits per heavy atom. The lowest BCUT2D eigenvalue weighted by Gasteiger charge is -2.17. The fraction of sp³-hybridized carbons (Fsp3) is 0.318. The Morgan fingerprint density at radius 1 is 1.17 bits per heavy atom. The van der Waals surface area contributed by atoms with Crippen molar-refractivity contribution in [2.45, 2.75) is 12.8 Å². The van der Waals surface area contributed by atoms with E-state index in [9.17, 15) is 14.4 Å². The number of nitrogens with zero attached hydrogens (tertiary/aromatic N) is 1. The van der Waals surface area contributed by atoms with Gasteiger partial charge in [-0.15, -0.1) is 0 Å². The van der Waals surface area contributed by atoms with Crippen molar-refractivity contribution in [3.05, 3.63) is 66.3 Å². The van der Waals surface area contributed by atoms with Gasteiger partial charge in [0.2, 0.25) is 0 Å². The van der Waals surface area contributed by atoms with Crippen molar-refractivity contribution in [2.75, 3.05) is 31.7 Å². The van der Waals surface area contributed by atoms with Crippen molar-refractivity contribution < 1.29 is 23.9 Å². The molecule has 0 fully saturated rings. The Balaban J connectivity index is 0.00000204. The van der Waals surface area contributed by atoms with Gasteiger partial charge in [-0.25, -0.2) is 4.79 Å². The van der Waals surface area contributed by atoms with E-state index in [0.29, 0.717) is 16.9 Å². The third-order valence-corrected chi connectivity index (χ3v) is 4.00. The first kappa shape index (κ1) is 24.6. The van der Waals surface area contributed by atoms with Crippen LogP contribution in [0.5, 0.6) is 5.75 Å². The first-order chi connectivity index (χ1) is 14.0. The van der Waals surface area contributed by atoms with E-state index in [4.69, 9.17) is 9.47 Å². The highest BCUT2D eigenvalue weighted by Crippen LogP contribution is 2.18. The van der Waals surface area contributed by atoms with E-state index in [2.05, 4.69) is 29.2 Å². The van der Waals surface area contributed by atoms with Crippen molar-refractivity contribution >= 4 is 40.3 Å². The van der Waals surface area contributed by atoms with Gasteiger partial charge in [-0.3, -0.25) is 9.59 Å². The number of esters is 1. The molecule has 0 radical (unpaired) electrons. The highest BCUT2D eigenvalue weighted by atomic mass is 127. The summed E-state index contributed by atoms with van der Waals surface area (Å²) in [6, 6.07) is 6.70. The quantitative estimate of drug-likeness (QED) is 0.166. The number of ether oxygens (including phenoxy) is 2. The second-order valence-corrected chi connectivity index (χ2v) is 5.97. The molecule has 0 N–H and O–H groups in total. The molecule has 6 nitrogen and oxygen atoms in total. The SMILES string of the molecule is C=CC(=O)OCCN(C)C(=O)COc1ccc(C(=O)C2=CCCC=C2)cc1.CI. The lowest BCUT2D eigenvalue weighted by atomic mass is 9.98. The van der Waals surface area contributed by atoms with Gasteiger partial charge in [-0.05, 0) is 42.0 Å². The van der Waals surface area contributed by atoms with E-state index in [1.54, 1.807) is 31.3 Å². The Labute approximate surface area is 185 Å². The molecule has 156 valence electrons. The predicted molar refractivity (Wildman–Crippen MR) is 121 cm³/mol. The number of rotatable bonds is 9. The minimum atomic E-state index is -0.527. The van der Waals surface area contributed by atoms with E-state index < -0.39 is 5.97 Å². The molecule has 7 heteroatoms. The number of alkyl halides is 1. The van der Waals surface area contributed by atoms with E-state index in [-0.39, 0.29) is 31.4 Å². The molecular weight excluding hydrogens is 485 g/mol. The number of Topliss-reactive ketones (excluding diaryl/α,β-unsaturated/α-hetero) is 1. The molecule has 1 aromatic carbocycles. The monoisotopic (exact) mass is 511 g/mol. The fourth-order valence-corrected chi connectivity index (χ4v) is 2.37. The molecule has 0 saturated heterocycles. The van der Waals surface area contributed by atoms with Gasteiger partial charge in [0.1, 0.15) is 12.4 Å². The predicted octanol–water partition coefficient (Wildman–Crippen LogP) is 3.76. The highest BCUT2D eigenvalue weighted by Gasteiger charge is 2.13. The van der Waals surface area contributed by atoms with Gasteiger partial charge in [-0.2, -0.15) is 0 Å². The summed E-state index contributed by atoms with van der Waals surface area (Å²) in [4.78, 5) is 38.7. The molecule has 0 atom stereocenters. The van der Waals surface area contributed by atoms with Crippen LogP contribution in [0.4, 0.5) is 0 Å². The summed E-state index contributed by atoms with van der Waals surface area (Å²) in [5.41, 5.74) is 1.27. The molecule has 1 aliphatic carbocycles. The number of hydrogen-bond acceptors (Lipinski definition) is 5. The van der Waals surface area contributed by atoms with E-state index in [1.165, 1.54) is 4.90 Å². The van der Waals surface area contributed by atoms with Crippen molar-refractivity contribution in [3.8, 4) is 5.75 Å². The number of carbonyl (C=O) groups excluding carboxylic acids is 3. The Morgan fingerprint density at radius 2 is 1.86 bits per heavy atom. The Hall–Kier alpha value is -2.42. The molecule has 2 rings (SSSR count). The number of ketones is 1. The Bertz CT molecular complexity index is 768. The van der Waals surface area contributed by atoms with Gasteiger partial charge in [0.15, 0.2) is 12.4 Å². The zero-order chi connectivity index (χ0) is 21.6. The maximum absolute atomic E-state index is 12.4. The topological polar surface area (TPSA) is 72.9 Å². The van der Waals surface area contributed by atoms with Crippen molar-refractivity contribution in [1.29, 1.82) is 0 Å². The molecule has 1 aliphatic rings. The van der Waals surface area contributed by atoms with Gasteiger partial charge in [0.25, 0.3) is 5.91 Å². The normalized spacial score (nSPS) is 12.0. The van der Waals surface area contributed by atoms with Crippen molar-refractivity contribution in [3.63, 3.8) is 0 Å². The summed E-state index contributed by atoms with van der Waals surface area (Å²) in [7, 11) is 1.60. The third-order valence-electron chi connectivity index (χ3n) is 4.00. The number of carbonyl (C=O) groups is 3. The molecule has 0 aliphatic heterocycles. The lowest BCUT2D eigenvalue weighted by molar-refractivity contribution is -0.140. The molecule has 0 spiro atoms. The van der Waals surface area contributed by atoms with E-state index in [0.717, 1.165) is 18.9 Å². The van der Waals surface area contributed by atoms with Crippen LogP contribution in [-0.2, 0) is 14.3 Å². The smallest absolute Gasteiger partial charge is 0.330 e. The van der Waals surface area contributed by atoms with Crippen LogP contribution in [0.3, 0.4) is 0 Å². The van der Waals surface area contributed by atoms with Crippen LogP contribution >= 0.6 is 22.6 Å². The first-order valence-electron chi connectivity index (χ1n) is 9.06. The number of hydrogen-bond donors (Lipinski definition) is 0. The van der Waals surface area contributed by atoms with Crippen LogP contribution in [0.25, 0.3) is 0 Å². The molecule has 0 aromatic heterocycles. The van der Waals surface area contributed by atoms with Gasteiger partial charge in [-0.1, -0.05) is 47.4 Å². The van der Waals surface area contributed by atoms with Crippen LogP contribution in [0.15, 0.2) is 60.7 Å². The summed E-state index contributed by atoms with van der Waals surface area (Å²) in [5.74, 6) is -0.301. The second kappa shape index (κ2) is 13.7. The van der Waals surface area contributed by atoms with Crippen LogP contribution in [0.2, 0.25) is 0 Å². The second-order valence-electron chi connectivity index (χ2n) is 5.97. The summed E-state index contributed by atoms with van der Waals surface area (Å²) < 4.78 is 10.3. The first-order valence-corrected chi connectivity index (χ1v) is 11.2. The zero-order valence-corrected chi connectivity index (χ0v) is 18.9. The van der Waals surface area contributed by atoms with Crippen LogP contribution in [-0.4, -0.2) is 54.3 Å². The van der Waals surface area contributed by atoms with Crippen LogP contribution < -0.4 is 4.74 Å². The Kier molecular flexibility index (Phi) is 11.6. The van der Waals surface area contributed by atoms with Gasteiger partial charge >= 0.3 is 5.97 Å². The molecule has 1 amide bonds. The van der Waals surface area contributed by atoms with Gasteiger partial charge in [0.05, 0.1) is 6.54 Å². The van der Waals surface area contributed by atoms with E-state index in [1.807, 2.05) is 23.2 Å². The molecule has 0 bridgehead atoms. The van der Waals surface area contributed by atoms with Crippen molar-refractivity contribution in [1.82, 2.24) is 4.90 Å². The molecular formula is C22H26INO5. The molecule has 29 heavy (non-hydrogen) atoms. The lowest BCUT2D eigenvalue weighted by Crippen LogP contribution is -2.34. The fourth-order valence-electron chi connectivity index (χ4n) is 2.37. The largest absolute Gasteiger partial charge is 0.484 e. The molecule has 1 aromatic rings. The molecule has 0 unspecified atom stereocenters. The standard InChI is InChI=1S/C21H23NO5.CH3I/c1-3-20(24)26-14-13-22(2)19(23)15-27-18-11-9-17(10-12-18)21(25)16-7-5-4-6-8-16;1-2/h3,5,7-12H,1,4,6,13-15H2,2H3;1H3. The summed E-state index contributed by atoms with van der Waals surface area (Å²) in [5, 5.41) is 0. The summed E-state index contributed by atoms with van der Waals surface area (Å²) >= 11 is 2.15. The third kappa shape index (κ3) is 8.64. The van der Waals surface area contributed by atoms with Crippen LogP contribution in [0, 0.1) is 0 Å². The van der Waals surface area contributed by atoms with Crippen LogP contribution in [0.1, 0.15) is 23.2 Å².